The molecule has 0 radical (unpaired) electrons. The lowest BCUT2D eigenvalue weighted by atomic mass is 10.1. The quantitative estimate of drug-likeness (QED) is 0.341. The van der Waals surface area contributed by atoms with E-state index in [9.17, 15) is 0 Å². The SMILES string of the molecule is c1ccc(-n2c3ccccc3c3c4nc(-c5ccncc5)n(-c5cnccn5)c4ccc32)cc1. The molecule has 0 aliphatic rings. The van der Waals surface area contributed by atoms with Crippen molar-refractivity contribution >= 4 is 32.8 Å². The number of hydrogen-bond acceptors (Lipinski definition) is 4. The fraction of sp³-hybridized carbons (Fsp3) is 0. The molecule has 0 atom stereocenters. The number of hydrogen-bond donors (Lipinski definition) is 0. The molecule has 0 unspecified atom stereocenters. The highest BCUT2D eigenvalue weighted by atomic mass is 15.1. The largest absolute Gasteiger partial charge is 0.309 e. The van der Waals surface area contributed by atoms with Crippen LogP contribution in [-0.4, -0.2) is 29.1 Å². The molecule has 7 rings (SSSR count). The summed E-state index contributed by atoms with van der Waals surface area (Å²) in [6.45, 7) is 0. The van der Waals surface area contributed by atoms with Crippen LogP contribution in [0.1, 0.15) is 0 Å². The molecule has 0 aliphatic carbocycles. The first-order chi connectivity index (χ1) is 16.9. The fourth-order valence-corrected chi connectivity index (χ4v) is 4.78. The Morgan fingerprint density at radius 2 is 1.38 bits per heavy atom. The van der Waals surface area contributed by atoms with Gasteiger partial charge in [-0.05, 0) is 42.5 Å². The zero-order chi connectivity index (χ0) is 22.5. The summed E-state index contributed by atoms with van der Waals surface area (Å²) in [4.78, 5) is 18.3. The van der Waals surface area contributed by atoms with Gasteiger partial charge >= 0.3 is 0 Å². The van der Waals surface area contributed by atoms with Crippen LogP contribution in [0.3, 0.4) is 0 Å². The maximum absolute atomic E-state index is 5.20. The van der Waals surface area contributed by atoms with Crippen LogP contribution in [0, 0.1) is 0 Å². The molecule has 0 saturated heterocycles. The molecule has 0 fully saturated rings. The van der Waals surface area contributed by atoms with Gasteiger partial charge in [0.25, 0.3) is 0 Å². The Morgan fingerprint density at radius 1 is 0.588 bits per heavy atom. The Kier molecular flexibility index (Phi) is 4.04. The number of imidazole rings is 1. The Labute approximate surface area is 194 Å². The zero-order valence-electron chi connectivity index (χ0n) is 18.1. The fourth-order valence-electron chi connectivity index (χ4n) is 4.78. The van der Waals surface area contributed by atoms with E-state index < -0.39 is 0 Å². The molecule has 6 nitrogen and oxygen atoms in total. The van der Waals surface area contributed by atoms with Crippen molar-refractivity contribution < 1.29 is 0 Å². The van der Waals surface area contributed by atoms with Crippen molar-refractivity contribution in [2.75, 3.05) is 0 Å². The minimum Gasteiger partial charge on any atom is -0.309 e. The number of benzene rings is 3. The lowest BCUT2D eigenvalue weighted by molar-refractivity contribution is 1.00. The summed E-state index contributed by atoms with van der Waals surface area (Å²) in [6.07, 6.45) is 8.72. The minimum atomic E-state index is 0.725. The average molecular weight is 438 g/mol. The lowest BCUT2D eigenvalue weighted by Gasteiger charge is -2.08. The summed E-state index contributed by atoms with van der Waals surface area (Å²) < 4.78 is 4.38. The van der Waals surface area contributed by atoms with E-state index in [1.807, 2.05) is 18.2 Å². The lowest BCUT2D eigenvalue weighted by Crippen LogP contribution is -2.00. The van der Waals surface area contributed by atoms with E-state index in [0.29, 0.717) is 0 Å². The second kappa shape index (κ2) is 7.35. The van der Waals surface area contributed by atoms with Crippen LogP contribution in [0.25, 0.3) is 55.7 Å². The molecule has 0 N–H and O–H groups in total. The number of pyridine rings is 1. The van der Waals surface area contributed by atoms with Gasteiger partial charge in [-0.2, -0.15) is 0 Å². The summed E-state index contributed by atoms with van der Waals surface area (Å²) in [5.41, 5.74) is 6.27. The number of para-hydroxylation sites is 2. The van der Waals surface area contributed by atoms with E-state index >= 15 is 0 Å². The standard InChI is InChI=1S/C28H18N6/c1-2-6-20(7-3-1)33-22-9-5-4-8-21(22)26-23(33)10-11-24-27(26)32-28(19-12-14-29-15-13-19)34(24)25-18-30-16-17-31-25/h1-18H. The van der Waals surface area contributed by atoms with E-state index in [0.717, 1.165) is 55.7 Å². The van der Waals surface area contributed by atoms with E-state index in [2.05, 4.69) is 84.7 Å². The highest BCUT2D eigenvalue weighted by Crippen LogP contribution is 2.38. The molecule has 4 heterocycles. The highest BCUT2D eigenvalue weighted by Gasteiger charge is 2.21. The Morgan fingerprint density at radius 3 is 2.21 bits per heavy atom. The summed E-state index contributed by atoms with van der Waals surface area (Å²) >= 11 is 0. The molecule has 3 aromatic carbocycles. The van der Waals surface area contributed by atoms with Crippen LogP contribution in [0.15, 0.2) is 110 Å². The molecule has 0 aliphatic heterocycles. The van der Waals surface area contributed by atoms with Gasteiger partial charge in [0.15, 0.2) is 5.82 Å². The van der Waals surface area contributed by atoms with Gasteiger partial charge in [0.05, 0.1) is 28.3 Å². The van der Waals surface area contributed by atoms with Gasteiger partial charge in [0.2, 0.25) is 0 Å². The van der Waals surface area contributed by atoms with Crippen LogP contribution < -0.4 is 0 Å². The molecule has 7 aromatic rings. The van der Waals surface area contributed by atoms with Crippen molar-refractivity contribution in [1.82, 2.24) is 29.1 Å². The number of fused-ring (bicyclic) bond motifs is 5. The zero-order valence-corrected chi connectivity index (χ0v) is 18.1. The Balaban J connectivity index is 1.66. The van der Waals surface area contributed by atoms with Crippen LogP contribution in [-0.2, 0) is 0 Å². The van der Waals surface area contributed by atoms with Crippen molar-refractivity contribution in [2.24, 2.45) is 0 Å². The van der Waals surface area contributed by atoms with Crippen molar-refractivity contribution in [3.05, 3.63) is 110 Å². The summed E-state index contributed by atoms with van der Waals surface area (Å²) in [5, 5.41) is 2.28. The monoisotopic (exact) mass is 438 g/mol. The van der Waals surface area contributed by atoms with Crippen molar-refractivity contribution in [3.63, 3.8) is 0 Å². The van der Waals surface area contributed by atoms with Gasteiger partial charge in [-0.25, -0.2) is 9.97 Å². The Bertz CT molecular complexity index is 1790. The topological polar surface area (TPSA) is 61.4 Å². The molecule has 0 amide bonds. The predicted molar refractivity (Wildman–Crippen MR) is 134 cm³/mol. The molecular formula is C28H18N6. The van der Waals surface area contributed by atoms with Gasteiger partial charge < -0.3 is 4.57 Å². The van der Waals surface area contributed by atoms with Gasteiger partial charge in [-0.1, -0.05) is 36.4 Å². The van der Waals surface area contributed by atoms with E-state index in [-0.39, 0.29) is 0 Å². The molecule has 0 saturated carbocycles. The normalized spacial score (nSPS) is 11.5. The molecule has 6 heteroatoms. The van der Waals surface area contributed by atoms with Crippen LogP contribution in [0.5, 0.6) is 0 Å². The second-order valence-electron chi connectivity index (χ2n) is 8.09. The average Bonchev–Trinajstić information content (AvgIpc) is 3.46. The molecule has 34 heavy (non-hydrogen) atoms. The summed E-state index contributed by atoms with van der Waals surface area (Å²) in [6, 6.07) is 27.2. The number of aromatic nitrogens is 6. The molecular weight excluding hydrogens is 420 g/mol. The van der Waals surface area contributed by atoms with Crippen LogP contribution >= 0.6 is 0 Å². The van der Waals surface area contributed by atoms with Crippen molar-refractivity contribution in [3.8, 4) is 22.9 Å². The van der Waals surface area contributed by atoms with E-state index in [4.69, 9.17) is 4.98 Å². The highest BCUT2D eigenvalue weighted by molar-refractivity contribution is 6.20. The third-order valence-corrected chi connectivity index (χ3v) is 6.19. The van der Waals surface area contributed by atoms with E-state index in [1.165, 1.54) is 0 Å². The van der Waals surface area contributed by atoms with Crippen molar-refractivity contribution in [1.29, 1.82) is 0 Å². The molecule has 0 bridgehead atoms. The molecule has 0 spiro atoms. The second-order valence-corrected chi connectivity index (χ2v) is 8.09. The first-order valence-electron chi connectivity index (χ1n) is 11.1. The van der Waals surface area contributed by atoms with Gasteiger partial charge in [-0.3, -0.25) is 14.5 Å². The van der Waals surface area contributed by atoms with Crippen molar-refractivity contribution in [2.45, 2.75) is 0 Å². The maximum atomic E-state index is 5.20. The number of nitrogens with zero attached hydrogens (tertiary/aromatic N) is 6. The minimum absolute atomic E-state index is 0.725. The molecule has 160 valence electrons. The van der Waals surface area contributed by atoms with Crippen LogP contribution in [0.4, 0.5) is 0 Å². The smallest absolute Gasteiger partial charge is 0.157 e. The van der Waals surface area contributed by atoms with E-state index in [1.54, 1.807) is 31.0 Å². The van der Waals surface area contributed by atoms with Gasteiger partial charge in [-0.15, -0.1) is 0 Å². The van der Waals surface area contributed by atoms with Crippen LogP contribution in [0.2, 0.25) is 0 Å². The first kappa shape index (κ1) is 18.7. The summed E-state index contributed by atoms with van der Waals surface area (Å²) in [7, 11) is 0. The number of rotatable bonds is 3. The molecule has 4 aromatic heterocycles. The Hall–Kier alpha value is -4.84. The first-order valence-corrected chi connectivity index (χ1v) is 11.1. The summed E-state index contributed by atoms with van der Waals surface area (Å²) in [5.74, 6) is 1.53. The third kappa shape index (κ3) is 2.69. The van der Waals surface area contributed by atoms with Gasteiger partial charge in [0.1, 0.15) is 5.82 Å². The predicted octanol–water partition coefficient (Wildman–Crippen LogP) is 5.97. The third-order valence-electron chi connectivity index (χ3n) is 6.19. The maximum Gasteiger partial charge on any atom is 0.157 e. The van der Waals surface area contributed by atoms with Gasteiger partial charge in [0, 0.05) is 46.8 Å².